The molecule has 0 aliphatic carbocycles. The van der Waals surface area contributed by atoms with E-state index < -0.39 is 17.5 Å². The SMILES string of the molecule is Fc1cc(F)c(C2=NOC(CCl)C2)cc1F. The number of nitrogens with zero attached hydrogens (tertiary/aromatic N) is 1. The second-order valence-electron chi connectivity index (χ2n) is 3.37. The van der Waals surface area contributed by atoms with Crippen LogP contribution >= 0.6 is 11.6 Å². The summed E-state index contributed by atoms with van der Waals surface area (Å²) in [6, 6.07) is 1.25. The van der Waals surface area contributed by atoms with Crippen LogP contribution < -0.4 is 0 Å². The van der Waals surface area contributed by atoms with Gasteiger partial charge in [0.15, 0.2) is 11.6 Å². The predicted octanol–water partition coefficient (Wildman–Crippen LogP) is 2.84. The third-order valence-electron chi connectivity index (χ3n) is 2.23. The van der Waals surface area contributed by atoms with E-state index in [9.17, 15) is 13.2 Å². The first-order chi connectivity index (χ1) is 7.61. The summed E-state index contributed by atoms with van der Waals surface area (Å²) in [4.78, 5) is 4.87. The minimum absolute atomic E-state index is 0.0912. The van der Waals surface area contributed by atoms with Crippen LogP contribution in [0, 0.1) is 17.5 Å². The van der Waals surface area contributed by atoms with Crippen LogP contribution in [0.15, 0.2) is 17.3 Å². The average Bonchev–Trinajstić information content (AvgIpc) is 2.71. The molecule has 2 nitrogen and oxygen atoms in total. The van der Waals surface area contributed by atoms with Crippen LogP contribution in [0.1, 0.15) is 12.0 Å². The lowest BCUT2D eigenvalue weighted by Crippen LogP contribution is -2.11. The molecule has 2 rings (SSSR count). The maximum absolute atomic E-state index is 13.3. The number of halogens is 4. The summed E-state index contributed by atoms with van der Waals surface area (Å²) in [5.41, 5.74) is 0.147. The van der Waals surface area contributed by atoms with Crippen molar-refractivity contribution < 1.29 is 18.0 Å². The highest BCUT2D eigenvalue weighted by Crippen LogP contribution is 2.21. The van der Waals surface area contributed by atoms with Gasteiger partial charge >= 0.3 is 0 Å². The zero-order valence-electron chi connectivity index (χ0n) is 8.01. The third-order valence-corrected chi connectivity index (χ3v) is 2.57. The minimum Gasteiger partial charge on any atom is -0.391 e. The van der Waals surface area contributed by atoms with Gasteiger partial charge < -0.3 is 4.84 Å². The minimum atomic E-state index is -1.23. The molecule has 1 unspecified atom stereocenters. The molecule has 16 heavy (non-hydrogen) atoms. The maximum Gasteiger partial charge on any atom is 0.161 e. The van der Waals surface area contributed by atoms with Crippen LogP contribution in [0.4, 0.5) is 13.2 Å². The molecule has 0 amide bonds. The van der Waals surface area contributed by atoms with Gasteiger partial charge in [-0.2, -0.15) is 0 Å². The highest BCUT2D eigenvalue weighted by Gasteiger charge is 2.24. The number of oxime groups is 1. The van der Waals surface area contributed by atoms with Gasteiger partial charge in [0.2, 0.25) is 0 Å². The van der Waals surface area contributed by atoms with E-state index in [4.69, 9.17) is 16.4 Å². The molecule has 1 heterocycles. The van der Waals surface area contributed by atoms with Crippen LogP contribution in [-0.4, -0.2) is 17.7 Å². The molecular formula is C10H7ClF3NO. The van der Waals surface area contributed by atoms with Gasteiger partial charge in [0, 0.05) is 18.1 Å². The zero-order valence-corrected chi connectivity index (χ0v) is 8.77. The van der Waals surface area contributed by atoms with E-state index in [-0.39, 0.29) is 29.7 Å². The van der Waals surface area contributed by atoms with Crippen molar-refractivity contribution in [3.05, 3.63) is 35.1 Å². The summed E-state index contributed by atoms with van der Waals surface area (Å²) in [5.74, 6) is -3.00. The molecule has 1 aliphatic heterocycles. The smallest absolute Gasteiger partial charge is 0.161 e. The quantitative estimate of drug-likeness (QED) is 0.583. The van der Waals surface area contributed by atoms with Crippen molar-refractivity contribution >= 4 is 17.3 Å². The summed E-state index contributed by atoms with van der Waals surface area (Å²) < 4.78 is 38.9. The van der Waals surface area contributed by atoms with Gasteiger partial charge in [-0.1, -0.05) is 5.16 Å². The average molecular weight is 250 g/mol. The highest BCUT2D eigenvalue weighted by molar-refractivity contribution is 6.18. The van der Waals surface area contributed by atoms with Crippen molar-refractivity contribution in [3.63, 3.8) is 0 Å². The molecule has 0 saturated heterocycles. The molecule has 0 aromatic heterocycles. The predicted molar refractivity (Wildman–Crippen MR) is 53.1 cm³/mol. The van der Waals surface area contributed by atoms with Gasteiger partial charge in [-0.25, -0.2) is 13.2 Å². The molecule has 0 bridgehead atoms. The standard InChI is InChI=1S/C10H7ClF3NO/c11-4-5-1-10(15-16-5)6-2-8(13)9(14)3-7(6)12/h2-3,5H,1,4H2. The van der Waals surface area contributed by atoms with Crippen molar-refractivity contribution in [2.24, 2.45) is 5.16 Å². The Balaban J connectivity index is 2.32. The third kappa shape index (κ3) is 2.00. The monoisotopic (exact) mass is 249 g/mol. The Kier molecular flexibility index (Phi) is 3.05. The largest absolute Gasteiger partial charge is 0.391 e. The van der Waals surface area contributed by atoms with Gasteiger partial charge in [0.05, 0.1) is 11.6 Å². The van der Waals surface area contributed by atoms with Gasteiger partial charge in [0.1, 0.15) is 11.9 Å². The Labute approximate surface area is 94.6 Å². The molecule has 6 heteroatoms. The van der Waals surface area contributed by atoms with Crippen LogP contribution in [0.25, 0.3) is 0 Å². The van der Waals surface area contributed by atoms with E-state index >= 15 is 0 Å². The van der Waals surface area contributed by atoms with Gasteiger partial charge in [-0.05, 0) is 6.07 Å². The Bertz CT molecular complexity index is 450. The van der Waals surface area contributed by atoms with E-state index in [1.807, 2.05) is 0 Å². The first kappa shape index (κ1) is 11.3. The Morgan fingerprint density at radius 1 is 1.25 bits per heavy atom. The van der Waals surface area contributed by atoms with Crippen molar-refractivity contribution in [2.75, 3.05) is 5.88 Å². The van der Waals surface area contributed by atoms with Crippen LogP contribution in [0.5, 0.6) is 0 Å². The van der Waals surface area contributed by atoms with E-state index in [1.165, 1.54) is 0 Å². The molecular weight excluding hydrogens is 243 g/mol. The van der Waals surface area contributed by atoms with E-state index in [1.54, 1.807) is 0 Å². The molecule has 1 aromatic carbocycles. The van der Waals surface area contributed by atoms with Crippen molar-refractivity contribution in [1.29, 1.82) is 0 Å². The van der Waals surface area contributed by atoms with Gasteiger partial charge in [0.25, 0.3) is 0 Å². The molecule has 0 N–H and O–H groups in total. The zero-order chi connectivity index (χ0) is 11.7. The Hall–Kier alpha value is -1.23. The maximum atomic E-state index is 13.3. The molecule has 0 radical (unpaired) electrons. The highest BCUT2D eigenvalue weighted by atomic mass is 35.5. The lowest BCUT2D eigenvalue weighted by molar-refractivity contribution is 0.102. The first-order valence-corrected chi connectivity index (χ1v) is 5.09. The number of rotatable bonds is 2. The molecule has 1 atom stereocenters. The fourth-order valence-corrected chi connectivity index (χ4v) is 1.58. The fourth-order valence-electron chi connectivity index (χ4n) is 1.41. The Morgan fingerprint density at radius 2 is 1.94 bits per heavy atom. The van der Waals surface area contributed by atoms with Crippen LogP contribution in [0.2, 0.25) is 0 Å². The molecule has 1 aliphatic rings. The molecule has 0 fully saturated rings. The summed E-state index contributed by atoms with van der Waals surface area (Å²) in [7, 11) is 0. The Morgan fingerprint density at radius 3 is 2.56 bits per heavy atom. The summed E-state index contributed by atoms with van der Waals surface area (Å²) in [6.45, 7) is 0. The summed E-state index contributed by atoms with van der Waals surface area (Å²) >= 11 is 5.53. The number of benzene rings is 1. The second kappa shape index (κ2) is 4.33. The van der Waals surface area contributed by atoms with E-state index in [0.717, 1.165) is 6.07 Å². The topological polar surface area (TPSA) is 21.6 Å². The molecule has 0 saturated carbocycles. The van der Waals surface area contributed by atoms with E-state index in [2.05, 4.69) is 5.16 Å². The van der Waals surface area contributed by atoms with Crippen molar-refractivity contribution in [2.45, 2.75) is 12.5 Å². The number of alkyl halides is 1. The van der Waals surface area contributed by atoms with Gasteiger partial charge in [-0.3, -0.25) is 0 Å². The van der Waals surface area contributed by atoms with Crippen molar-refractivity contribution in [3.8, 4) is 0 Å². The summed E-state index contributed by atoms with van der Waals surface area (Å²) in [6.07, 6.45) is -0.0601. The molecule has 86 valence electrons. The lowest BCUT2D eigenvalue weighted by atomic mass is 10.0. The first-order valence-electron chi connectivity index (χ1n) is 4.55. The lowest BCUT2D eigenvalue weighted by Gasteiger charge is -2.03. The molecule has 1 aromatic rings. The number of hydrogen-bond donors (Lipinski definition) is 0. The number of hydrogen-bond acceptors (Lipinski definition) is 2. The summed E-state index contributed by atoms with van der Waals surface area (Å²) in [5, 5.41) is 3.59. The van der Waals surface area contributed by atoms with E-state index in [0.29, 0.717) is 6.07 Å². The van der Waals surface area contributed by atoms with Crippen LogP contribution in [0.3, 0.4) is 0 Å². The van der Waals surface area contributed by atoms with Gasteiger partial charge in [-0.15, -0.1) is 11.6 Å². The van der Waals surface area contributed by atoms with Crippen LogP contribution in [-0.2, 0) is 4.84 Å². The molecule has 0 spiro atoms. The second-order valence-corrected chi connectivity index (χ2v) is 3.68. The fraction of sp³-hybridized carbons (Fsp3) is 0.300. The normalized spacial score (nSPS) is 19.5. The van der Waals surface area contributed by atoms with Crippen molar-refractivity contribution in [1.82, 2.24) is 0 Å².